The maximum absolute atomic E-state index is 12.4. The summed E-state index contributed by atoms with van der Waals surface area (Å²) in [5.41, 5.74) is 2.40. The van der Waals surface area contributed by atoms with Gasteiger partial charge in [0.1, 0.15) is 17.6 Å². The molecule has 32 heavy (non-hydrogen) atoms. The molecule has 0 amide bonds. The number of esters is 1. The second kappa shape index (κ2) is 7.35. The van der Waals surface area contributed by atoms with Crippen molar-refractivity contribution < 1.29 is 39.8 Å². The zero-order valence-corrected chi connectivity index (χ0v) is 16.7. The van der Waals surface area contributed by atoms with E-state index >= 15 is 0 Å². The summed E-state index contributed by atoms with van der Waals surface area (Å²) in [6.45, 7) is 0. The molecule has 0 aromatic heterocycles. The molecule has 8 heteroatoms. The highest BCUT2D eigenvalue weighted by Gasteiger charge is 2.37. The van der Waals surface area contributed by atoms with Gasteiger partial charge in [-0.1, -0.05) is 18.2 Å². The molecular weight excluding hydrogens is 416 g/mol. The molecule has 164 valence electrons. The second-order valence-corrected chi connectivity index (χ2v) is 8.00. The molecule has 5 N–H and O–H groups in total. The van der Waals surface area contributed by atoms with Gasteiger partial charge in [0.25, 0.3) is 0 Å². The summed E-state index contributed by atoms with van der Waals surface area (Å²) in [6, 6.07) is 12.1. The monoisotopic (exact) mass is 436 g/mol. The molecular formula is C24H20O8. The first-order chi connectivity index (χ1) is 15.3. The summed E-state index contributed by atoms with van der Waals surface area (Å²) in [6.07, 6.45) is -1.56. The number of rotatable bonds is 2. The summed E-state index contributed by atoms with van der Waals surface area (Å²) in [4.78, 5) is 12.4. The molecule has 2 heterocycles. The van der Waals surface area contributed by atoms with E-state index in [-0.39, 0.29) is 35.8 Å². The number of aliphatic hydroxyl groups excluding tert-OH is 1. The van der Waals surface area contributed by atoms with E-state index in [1.807, 2.05) is 0 Å². The van der Waals surface area contributed by atoms with Crippen molar-refractivity contribution in [3.63, 3.8) is 0 Å². The van der Waals surface area contributed by atoms with E-state index in [9.17, 15) is 30.3 Å². The van der Waals surface area contributed by atoms with E-state index < -0.39 is 24.1 Å². The third-order valence-electron chi connectivity index (χ3n) is 5.96. The van der Waals surface area contributed by atoms with Crippen molar-refractivity contribution >= 4 is 5.97 Å². The van der Waals surface area contributed by atoms with Gasteiger partial charge in [-0.3, -0.25) is 4.79 Å². The average molecular weight is 436 g/mol. The number of carbonyl (C=O) groups is 1. The largest absolute Gasteiger partial charge is 0.504 e. The number of aliphatic hydroxyl groups is 1. The minimum Gasteiger partial charge on any atom is -0.504 e. The van der Waals surface area contributed by atoms with Gasteiger partial charge in [0.2, 0.25) is 0 Å². The summed E-state index contributed by atoms with van der Waals surface area (Å²) < 4.78 is 11.5. The summed E-state index contributed by atoms with van der Waals surface area (Å²) >= 11 is 0. The van der Waals surface area contributed by atoms with Crippen LogP contribution in [-0.4, -0.2) is 37.6 Å². The number of aromatic hydroxyl groups is 4. The number of fused-ring (bicyclic) bond motifs is 3. The molecule has 0 saturated carbocycles. The standard InChI is InChI=1S/C24H20O8/c25-16-4-1-11(7-18(16)27)14-10-22(30)32-24-13(14)3-6-21-15(24)9-20(29)23(31-21)12-2-5-17(26)19(28)8-12/h1-8,14,20,23,25-29H,9-10H2. The summed E-state index contributed by atoms with van der Waals surface area (Å²) in [5, 5.41) is 49.6. The van der Waals surface area contributed by atoms with Gasteiger partial charge in [-0.15, -0.1) is 0 Å². The van der Waals surface area contributed by atoms with Crippen LogP contribution in [0.15, 0.2) is 48.5 Å². The zero-order chi connectivity index (χ0) is 22.6. The molecule has 8 nitrogen and oxygen atoms in total. The Kier molecular flexibility index (Phi) is 4.60. The maximum atomic E-state index is 12.4. The quantitative estimate of drug-likeness (QED) is 0.235. The fourth-order valence-corrected chi connectivity index (χ4v) is 4.35. The number of hydrogen-bond acceptors (Lipinski definition) is 8. The van der Waals surface area contributed by atoms with Gasteiger partial charge in [-0.25, -0.2) is 0 Å². The first-order valence-electron chi connectivity index (χ1n) is 10.1. The Morgan fingerprint density at radius 2 is 1.44 bits per heavy atom. The van der Waals surface area contributed by atoms with Gasteiger partial charge in [0, 0.05) is 23.5 Å². The molecule has 5 rings (SSSR count). The third kappa shape index (κ3) is 3.25. The van der Waals surface area contributed by atoms with E-state index in [1.165, 1.54) is 24.3 Å². The molecule has 3 aromatic carbocycles. The van der Waals surface area contributed by atoms with Crippen LogP contribution in [0.4, 0.5) is 0 Å². The van der Waals surface area contributed by atoms with Crippen LogP contribution in [0.3, 0.4) is 0 Å². The Labute approximate surface area is 182 Å². The third-order valence-corrected chi connectivity index (χ3v) is 5.96. The first kappa shape index (κ1) is 20.0. The minimum absolute atomic E-state index is 0.0643. The molecule has 0 fully saturated rings. The van der Waals surface area contributed by atoms with Crippen molar-refractivity contribution in [2.45, 2.75) is 31.0 Å². The Balaban J connectivity index is 1.54. The fraction of sp³-hybridized carbons (Fsp3) is 0.208. The van der Waals surface area contributed by atoms with Crippen LogP contribution < -0.4 is 9.47 Å². The Morgan fingerprint density at radius 3 is 2.12 bits per heavy atom. The van der Waals surface area contributed by atoms with E-state index in [0.29, 0.717) is 33.8 Å². The lowest BCUT2D eigenvalue weighted by Crippen LogP contribution is -2.32. The number of hydrogen-bond donors (Lipinski definition) is 5. The highest BCUT2D eigenvalue weighted by molar-refractivity contribution is 5.79. The summed E-state index contributed by atoms with van der Waals surface area (Å²) in [7, 11) is 0. The van der Waals surface area contributed by atoms with Gasteiger partial charge < -0.3 is 35.0 Å². The van der Waals surface area contributed by atoms with Gasteiger partial charge in [-0.05, 0) is 41.5 Å². The molecule has 3 aromatic rings. The number of phenols is 4. The van der Waals surface area contributed by atoms with Crippen LogP contribution in [-0.2, 0) is 11.2 Å². The van der Waals surface area contributed by atoms with Crippen molar-refractivity contribution in [1.82, 2.24) is 0 Å². The van der Waals surface area contributed by atoms with Crippen LogP contribution in [0.2, 0.25) is 0 Å². The molecule has 3 unspecified atom stereocenters. The van der Waals surface area contributed by atoms with E-state index in [0.717, 1.165) is 0 Å². The number of ether oxygens (including phenoxy) is 2. The minimum atomic E-state index is -0.991. The van der Waals surface area contributed by atoms with Crippen molar-refractivity contribution in [2.75, 3.05) is 0 Å². The average Bonchev–Trinajstić information content (AvgIpc) is 2.76. The van der Waals surface area contributed by atoms with Gasteiger partial charge in [-0.2, -0.15) is 0 Å². The Morgan fingerprint density at radius 1 is 0.781 bits per heavy atom. The lowest BCUT2D eigenvalue weighted by atomic mass is 9.83. The maximum Gasteiger partial charge on any atom is 0.312 e. The topological polar surface area (TPSA) is 137 Å². The van der Waals surface area contributed by atoms with Gasteiger partial charge in [0.05, 0.1) is 12.5 Å². The van der Waals surface area contributed by atoms with E-state index in [2.05, 4.69) is 0 Å². The molecule has 2 aliphatic rings. The summed E-state index contributed by atoms with van der Waals surface area (Å²) in [5.74, 6) is -1.21. The molecule has 0 bridgehead atoms. The van der Waals surface area contributed by atoms with Crippen LogP contribution in [0.5, 0.6) is 34.5 Å². The first-order valence-corrected chi connectivity index (χ1v) is 10.1. The molecule has 0 saturated heterocycles. The normalized spacial score (nSPS) is 21.8. The fourth-order valence-electron chi connectivity index (χ4n) is 4.35. The van der Waals surface area contributed by atoms with Crippen molar-refractivity contribution in [3.05, 3.63) is 70.8 Å². The van der Waals surface area contributed by atoms with Gasteiger partial charge >= 0.3 is 5.97 Å². The van der Waals surface area contributed by atoms with Crippen molar-refractivity contribution in [2.24, 2.45) is 0 Å². The second-order valence-electron chi connectivity index (χ2n) is 8.00. The van der Waals surface area contributed by atoms with Crippen molar-refractivity contribution in [1.29, 1.82) is 0 Å². The smallest absolute Gasteiger partial charge is 0.312 e. The Hall–Kier alpha value is -3.91. The molecule has 2 aliphatic heterocycles. The predicted octanol–water partition coefficient (Wildman–Crippen LogP) is 2.99. The SMILES string of the molecule is O=C1CC(c2ccc(O)c(O)c2)c2ccc3c(c2O1)CC(O)C(c1ccc(O)c(O)c1)O3. The molecule has 0 aliphatic carbocycles. The zero-order valence-electron chi connectivity index (χ0n) is 16.7. The van der Waals surface area contributed by atoms with Crippen molar-refractivity contribution in [3.8, 4) is 34.5 Å². The lowest BCUT2D eigenvalue weighted by Gasteiger charge is -2.34. The number of phenolic OH excluding ortho intramolecular Hbond substituents is 4. The Bertz CT molecular complexity index is 1230. The molecule has 0 radical (unpaired) electrons. The lowest BCUT2D eigenvalue weighted by molar-refractivity contribution is -0.135. The van der Waals surface area contributed by atoms with Crippen LogP contribution in [0, 0.1) is 0 Å². The van der Waals surface area contributed by atoms with Gasteiger partial charge in [0.15, 0.2) is 23.0 Å². The predicted molar refractivity (Wildman–Crippen MR) is 111 cm³/mol. The van der Waals surface area contributed by atoms with Crippen LogP contribution in [0.1, 0.15) is 40.7 Å². The van der Waals surface area contributed by atoms with Crippen LogP contribution in [0.25, 0.3) is 0 Å². The molecule has 0 spiro atoms. The number of benzene rings is 3. The number of carbonyl (C=O) groups excluding carboxylic acids is 1. The van der Waals surface area contributed by atoms with E-state index in [4.69, 9.17) is 9.47 Å². The highest BCUT2D eigenvalue weighted by Crippen LogP contribution is 2.48. The molecule has 3 atom stereocenters. The van der Waals surface area contributed by atoms with E-state index in [1.54, 1.807) is 24.3 Å². The van der Waals surface area contributed by atoms with Crippen LogP contribution >= 0.6 is 0 Å². The highest BCUT2D eigenvalue weighted by atomic mass is 16.5.